The second kappa shape index (κ2) is 5.88. The van der Waals surface area contributed by atoms with Crippen molar-refractivity contribution < 1.29 is 4.74 Å². The van der Waals surface area contributed by atoms with Crippen LogP contribution >= 0.6 is 22.9 Å². The van der Waals surface area contributed by atoms with Crippen molar-refractivity contribution in [1.29, 1.82) is 0 Å². The van der Waals surface area contributed by atoms with Crippen molar-refractivity contribution in [1.82, 2.24) is 20.4 Å². The van der Waals surface area contributed by atoms with Gasteiger partial charge in [-0.25, -0.2) is 0 Å². The number of hydrogen-bond donors (Lipinski definition) is 1. The van der Waals surface area contributed by atoms with Crippen LogP contribution in [0.15, 0.2) is 0 Å². The minimum Gasteiger partial charge on any atom is -0.374 e. The Labute approximate surface area is 104 Å². The Kier molecular flexibility index (Phi) is 4.48. The Morgan fingerprint density at radius 3 is 3.19 bits per heavy atom. The molecule has 1 aromatic rings. The van der Waals surface area contributed by atoms with Crippen molar-refractivity contribution in [3.05, 3.63) is 9.47 Å². The third-order valence-corrected chi connectivity index (χ3v) is 3.46. The fourth-order valence-corrected chi connectivity index (χ4v) is 2.67. The van der Waals surface area contributed by atoms with Crippen LogP contribution in [0.1, 0.15) is 5.01 Å². The van der Waals surface area contributed by atoms with Crippen molar-refractivity contribution in [3.8, 4) is 0 Å². The smallest absolute Gasteiger partial charge is 0.207 e. The molecule has 5 nitrogen and oxygen atoms in total. The molecule has 1 atom stereocenters. The molecule has 2 rings (SSSR count). The van der Waals surface area contributed by atoms with Gasteiger partial charge < -0.3 is 10.1 Å². The minimum atomic E-state index is 0.266. The predicted molar refractivity (Wildman–Crippen MR) is 63.9 cm³/mol. The van der Waals surface area contributed by atoms with Gasteiger partial charge in [0.2, 0.25) is 4.47 Å². The number of nitrogens with zero attached hydrogens (tertiary/aromatic N) is 3. The third-order valence-electron chi connectivity index (χ3n) is 2.46. The van der Waals surface area contributed by atoms with Crippen LogP contribution in [-0.2, 0) is 11.3 Å². The molecule has 90 valence electrons. The molecule has 0 spiro atoms. The number of nitrogens with one attached hydrogen (secondary N) is 1. The molecule has 1 unspecified atom stereocenters. The van der Waals surface area contributed by atoms with E-state index in [9.17, 15) is 0 Å². The average molecular weight is 263 g/mol. The molecule has 0 saturated carbocycles. The summed E-state index contributed by atoms with van der Waals surface area (Å²) in [5.41, 5.74) is 0. The lowest BCUT2D eigenvalue weighted by Crippen LogP contribution is -2.45. The van der Waals surface area contributed by atoms with Crippen molar-refractivity contribution >= 4 is 22.9 Å². The highest BCUT2D eigenvalue weighted by atomic mass is 35.5. The van der Waals surface area contributed by atoms with Gasteiger partial charge in [-0.2, -0.15) is 0 Å². The molecular weight excluding hydrogens is 248 g/mol. The van der Waals surface area contributed by atoms with Gasteiger partial charge in [0.1, 0.15) is 5.01 Å². The Hall–Kier alpha value is -0.270. The molecular formula is C9H15ClN4OS. The van der Waals surface area contributed by atoms with Gasteiger partial charge in [0.05, 0.1) is 19.3 Å². The number of morpholine rings is 1. The molecule has 1 aliphatic heterocycles. The zero-order valence-corrected chi connectivity index (χ0v) is 10.7. The minimum absolute atomic E-state index is 0.266. The first-order chi connectivity index (χ1) is 7.78. The van der Waals surface area contributed by atoms with E-state index in [0.29, 0.717) is 4.47 Å². The molecule has 1 fully saturated rings. The van der Waals surface area contributed by atoms with Crippen molar-refractivity contribution in [2.75, 3.05) is 33.3 Å². The molecule has 0 radical (unpaired) electrons. The standard InChI is InChI=1S/C9H15ClN4OS/c1-11-4-7-5-14(2-3-15-7)6-8-12-13-9(10)16-8/h7,11H,2-6H2,1H3. The highest BCUT2D eigenvalue weighted by molar-refractivity contribution is 7.15. The first kappa shape index (κ1) is 12.2. The summed E-state index contributed by atoms with van der Waals surface area (Å²) >= 11 is 7.19. The Balaban J connectivity index is 1.85. The van der Waals surface area contributed by atoms with Gasteiger partial charge >= 0.3 is 0 Å². The fourth-order valence-electron chi connectivity index (χ4n) is 1.76. The Morgan fingerprint density at radius 2 is 2.50 bits per heavy atom. The first-order valence-corrected chi connectivity index (χ1v) is 6.44. The molecule has 1 saturated heterocycles. The van der Waals surface area contributed by atoms with E-state index < -0.39 is 0 Å². The monoisotopic (exact) mass is 262 g/mol. The van der Waals surface area contributed by atoms with Crippen LogP contribution in [0.3, 0.4) is 0 Å². The summed E-state index contributed by atoms with van der Waals surface area (Å²) in [6.07, 6.45) is 0.266. The van der Waals surface area contributed by atoms with Crippen molar-refractivity contribution in [3.63, 3.8) is 0 Å². The van der Waals surface area contributed by atoms with Gasteiger partial charge in [0, 0.05) is 19.6 Å². The molecule has 0 aliphatic carbocycles. The third kappa shape index (κ3) is 3.36. The Bertz CT molecular complexity index is 333. The van der Waals surface area contributed by atoms with Gasteiger partial charge in [-0.3, -0.25) is 4.90 Å². The molecule has 16 heavy (non-hydrogen) atoms. The maximum atomic E-state index is 5.75. The molecule has 2 heterocycles. The van der Waals surface area contributed by atoms with Crippen LogP contribution in [-0.4, -0.2) is 54.5 Å². The zero-order valence-electron chi connectivity index (χ0n) is 9.15. The summed E-state index contributed by atoms with van der Waals surface area (Å²) in [6, 6.07) is 0. The van der Waals surface area contributed by atoms with Crippen LogP contribution < -0.4 is 5.32 Å². The zero-order chi connectivity index (χ0) is 11.4. The fraction of sp³-hybridized carbons (Fsp3) is 0.778. The second-order valence-corrected chi connectivity index (χ2v) is 5.38. The van der Waals surface area contributed by atoms with E-state index in [1.54, 1.807) is 0 Å². The highest BCUT2D eigenvalue weighted by Gasteiger charge is 2.20. The molecule has 1 N–H and O–H groups in total. The van der Waals surface area contributed by atoms with Gasteiger partial charge in [0.25, 0.3) is 0 Å². The Morgan fingerprint density at radius 1 is 1.62 bits per heavy atom. The molecule has 7 heteroatoms. The molecule has 1 aromatic heterocycles. The number of hydrogen-bond acceptors (Lipinski definition) is 6. The maximum absolute atomic E-state index is 5.75. The summed E-state index contributed by atoms with van der Waals surface area (Å²) in [5, 5.41) is 11.9. The van der Waals surface area contributed by atoms with Crippen LogP contribution in [0.4, 0.5) is 0 Å². The van der Waals surface area contributed by atoms with Crippen LogP contribution in [0.5, 0.6) is 0 Å². The van der Waals surface area contributed by atoms with Crippen molar-refractivity contribution in [2.24, 2.45) is 0 Å². The van der Waals surface area contributed by atoms with E-state index in [-0.39, 0.29) is 6.10 Å². The number of aromatic nitrogens is 2. The maximum Gasteiger partial charge on any atom is 0.207 e. The van der Waals surface area contributed by atoms with Gasteiger partial charge in [-0.1, -0.05) is 11.3 Å². The van der Waals surface area contributed by atoms with E-state index in [1.807, 2.05) is 7.05 Å². The molecule has 0 amide bonds. The normalized spacial score (nSPS) is 22.5. The second-order valence-electron chi connectivity index (χ2n) is 3.73. The summed E-state index contributed by atoms with van der Waals surface area (Å²) in [4.78, 5) is 2.32. The molecule has 0 bridgehead atoms. The number of likely N-dealkylation sites (N-methyl/N-ethyl adjacent to an activating group) is 1. The number of halogens is 1. The van der Waals surface area contributed by atoms with Gasteiger partial charge in [-0.05, 0) is 18.6 Å². The number of rotatable bonds is 4. The van der Waals surface area contributed by atoms with E-state index in [0.717, 1.165) is 37.8 Å². The van der Waals surface area contributed by atoms with Crippen LogP contribution in [0.2, 0.25) is 4.47 Å². The summed E-state index contributed by atoms with van der Waals surface area (Å²) < 4.78 is 6.14. The summed E-state index contributed by atoms with van der Waals surface area (Å²) in [7, 11) is 1.94. The number of ether oxygens (including phenoxy) is 1. The lowest BCUT2D eigenvalue weighted by atomic mass is 10.2. The quantitative estimate of drug-likeness (QED) is 0.862. The summed E-state index contributed by atoms with van der Waals surface area (Å²) in [6.45, 7) is 4.34. The van der Waals surface area contributed by atoms with E-state index >= 15 is 0 Å². The average Bonchev–Trinajstić information content (AvgIpc) is 2.65. The summed E-state index contributed by atoms with van der Waals surface area (Å²) in [5.74, 6) is 0. The van der Waals surface area contributed by atoms with E-state index in [4.69, 9.17) is 16.3 Å². The predicted octanol–water partition coefficient (Wildman–Crippen LogP) is 0.612. The van der Waals surface area contributed by atoms with E-state index in [1.165, 1.54) is 11.3 Å². The lowest BCUT2D eigenvalue weighted by molar-refractivity contribution is -0.0292. The largest absolute Gasteiger partial charge is 0.374 e. The topological polar surface area (TPSA) is 50.3 Å². The van der Waals surface area contributed by atoms with Gasteiger partial charge in [-0.15, -0.1) is 10.2 Å². The van der Waals surface area contributed by atoms with Gasteiger partial charge in [0.15, 0.2) is 0 Å². The van der Waals surface area contributed by atoms with E-state index in [2.05, 4.69) is 20.4 Å². The van der Waals surface area contributed by atoms with Crippen LogP contribution in [0.25, 0.3) is 0 Å². The van der Waals surface area contributed by atoms with Crippen molar-refractivity contribution in [2.45, 2.75) is 12.6 Å². The molecule has 1 aliphatic rings. The van der Waals surface area contributed by atoms with Crippen LogP contribution in [0, 0.1) is 0 Å². The first-order valence-electron chi connectivity index (χ1n) is 5.24. The molecule has 0 aromatic carbocycles. The lowest BCUT2D eigenvalue weighted by Gasteiger charge is -2.32. The SMILES string of the molecule is CNCC1CN(Cc2nnc(Cl)s2)CCO1. The highest BCUT2D eigenvalue weighted by Crippen LogP contribution is 2.17.